The van der Waals surface area contributed by atoms with E-state index in [0.29, 0.717) is 0 Å². The van der Waals surface area contributed by atoms with E-state index in [4.69, 9.17) is 0 Å². The quantitative estimate of drug-likeness (QED) is 0.600. The van der Waals surface area contributed by atoms with Gasteiger partial charge in [-0.3, -0.25) is 4.99 Å². The molecule has 0 radical (unpaired) electrons. The highest BCUT2D eigenvalue weighted by Crippen LogP contribution is 2.20. The van der Waals surface area contributed by atoms with Gasteiger partial charge in [-0.2, -0.15) is 0 Å². The van der Waals surface area contributed by atoms with E-state index < -0.39 is 0 Å². The average Bonchev–Trinajstić information content (AvgIpc) is 2.33. The second kappa shape index (κ2) is 3.67. The minimum Gasteiger partial charge on any atom is -0.296 e. The first-order chi connectivity index (χ1) is 5.27. The first-order valence-corrected chi connectivity index (χ1v) is 4.61. The van der Waals surface area contributed by atoms with E-state index in [-0.39, 0.29) is 0 Å². The van der Waals surface area contributed by atoms with E-state index in [1.807, 2.05) is 24.6 Å². The van der Waals surface area contributed by atoms with Crippen LogP contribution in [0.3, 0.4) is 0 Å². The van der Waals surface area contributed by atoms with Crippen molar-refractivity contribution in [3.05, 3.63) is 21.4 Å². The van der Waals surface area contributed by atoms with E-state index in [2.05, 4.69) is 24.9 Å². The summed E-state index contributed by atoms with van der Waals surface area (Å²) in [6.07, 6.45) is 3.05. The van der Waals surface area contributed by atoms with Crippen molar-refractivity contribution in [1.82, 2.24) is 0 Å². The van der Waals surface area contributed by atoms with Gasteiger partial charge in [-0.1, -0.05) is 6.92 Å². The topological polar surface area (TPSA) is 12.4 Å². The third kappa shape index (κ3) is 1.90. The molecule has 0 atom stereocenters. The molecule has 1 aromatic rings. The molecule has 1 aromatic heterocycles. The highest BCUT2D eigenvalue weighted by molar-refractivity contribution is 7.12. The van der Waals surface area contributed by atoms with Crippen molar-refractivity contribution in [3.8, 4) is 0 Å². The lowest BCUT2D eigenvalue weighted by Crippen LogP contribution is -1.77. The summed E-state index contributed by atoms with van der Waals surface area (Å²) in [5.74, 6) is 0. The zero-order chi connectivity index (χ0) is 8.27. The SMILES string of the molecule is CCc1cc(/C=N\C)c(C)s1. The Morgan fingerprint density at radius 1 is 1.64 bits per heavy atom. The largest absolute Gasteiger partial charge is 0.296 e. The molecule has 1 nitrogen and oxygen atoms in total. The third-order valence-electron chi connectivity index (χ3n) is 1.62. The van der Waals surface area contributed by atoms with Crippen LogP contribution in [-0.4, -0.2) is 13.3 Å². The van der Waals surface area contributed by atoms with Gasteiger partial charge < -0.3 is 0 Å². The molecule has 1 heterocycles. The molecule has 60 valence electrons. The first kappa shape index (κ1) is 8.47. The summed E-state index contributed by atoms with van der Waals surface area (Å²) in [6.45, 7) is 4.32. The predicted molar refractivity (Wildman–Crippen MR) is 52.0 cm³/mol. The van der Waals surface area contributed by atoms with Crippen LogP contribution in [0.15, 0.2) is 11.1 Å². The average molecular weight is 167 g/mol. The number of thiophene rings is 1. The first-order valence-electron chi connectivity index (χ1n) is 3.79. The molecule has 0 amide bonds. The fourth-order valence-electron chi connectivity index (χ4n) is 1.00. The second-order valence-corrected chi connectivity index (χ2v) is 3.81. The van der Waals surface area contributed by atoms with Crippen LogP contribution in [0.5, 0.6) is 0 Å². The van der Waals surface area contributed by atoms with Crippen LogP contribution >= 0.6 is 11.3 Å². The number of nitrogens with zero attached hydrogens (tertiary/aromatic N) is 1. The van der Waals surface area contributed by atoms with E-state index in [1.165, 1.54) is 15.3 Å². The van der Waals surface area contributed by atoms with Gasteiger partial charge in [0, 0.05) is 28.6 Å². The molecule has 0 N–H and O–H groups in total. The number of rotatable bonds is 2. The van der Waals surface area contributed by atoms with Crippen LogP contribution in [0.2, 0.25) is 0 Å². The van der Waals surface area contributed by atoms with Crippen molar-refractivity contribution in [1.29, 1.82) is 0 Å². The lowest BCUT2D eigenvalue weighted by Gasteiger charge is -1.84. The Morgan fingerprint density at radius 3 is 2.82 bits per heavy atom. The Kier molecular flexibility index (Phi) is 2.83. The maximum atomic E-state index is 4.00. The molecule has 0 saturated carbocycles. The molecule has 0 fully saturated rings. The minimum atomic E-state index is 1.13. The molecule has 0 aliphatic rings. The number of hydrogen-bond donors (Lipinski definition) is 0. The zero-order valence-corrected chi connectivity index (χ0v) is 8.03. The van der Waals surface area contributed by atoms with Crippen molar-refractivity contribution < 1.29 is 0 Å². The van der Waals surface area contributed by atoms with Crippen LogP contribution in [0.4, 0.5) is 0 Å². The van der Waals surface area contributed by atoms with Crippen LogP contribution < -0.4 is 0 Å². The van der Waals surface area contributed by atoms with E-state index in [9.17, 15) is 0 Å². The maximum Gasteiger partial charge on any atom is 0.0292 e. The number of hydrogen-bond acceptors (Lipinski definition) is 2. The van der Waals surface area contributed by atoms with Crippen molar-refractivity contribution in [2.75, 3.05) is 7.05 Å². The Bertz CT molecular complexity index is 261. The summed E-state index contributed by atoms with van der Waals surface area (Å²) < 4.78 is 0. The third-order valence-corrected chi connectivity index (χ3v) is 2.83. The van der Waals surface area contributed by atoms with E-state index in [0.717, 1.165) is 6.42 Å². The second-order valence-electron chi connectivity index (χ2n) is 2.47. The molecule has 2 heteroatoms. The van der Waals surface area contributed by atoms with Gasteiger partial charge in [0.25, 0.3) is 0 Å². The summed E-state index contributed by atoms with van der Waals surface area (Å²) in [7, 11) is 1.81. The van der Waals surface area contributed by atoms with Crippen LogP contribution in [-0.2, 0) is 6.42 Å². The maximum absolute atomic E-state index is 4.00. The molecule has 0 bridgehead atoms. The molecule has 0 aromatic carbocycles. The van der Waals surface area contributed by atoms with Crippen LogP contribution in [0, 0.1) is 6.92 Å². The van der Waals surface area contributed by atoms with Gasteiger partial charge in [-0.25, -0.2) is 0 Å². The predicted octanol–water partition coefficient (Wildman–Crippen LogP) is 2.67. The van der Waals surface area contributed by atoms with Gasteiger partial charge in [0.15, 0.2) is 0 Å². The van der Waals surface area contributed by atoms with Gasteiger partial charge in [-0.15, -0.1) is 11.3 Å². The number of aliphatic imine (C=N–C) groups is 1. The van der Waals surface area contributed by atoms with Crippen molar-refractivity contribution in [2.45, 2.75) is 20.3 Å². The van der Waals surface area contributed by atoms with Crippen molar-refractivity contribution >= 4 is 17.6 Å². The van der Waals surface area contributed by atoms with Gasteiger partial charge in [0.05, 0.1) is 0 Å². The zero-order valence-electron chi connectivity index (χ0n) is 7.22. The van der Waals surface area contributed by atoms with E-state index in [1.54, 1.807) is 0 Å². The molecular formula is C9H13NS. The lowest BCUT2D eigenvalue weighted by atomic mass is 10.2. The number of aryl methyl sites for hydroxylation is 2. The molecule has 11 heavy (non-hydrogen) atoms. The normalized spacial score (nSPS) is 11.2. The minimum absolute atomic E-state index is 1.13. The fourth-order valence-corrected chi connectivity index (χ4v) is 1.95. The highest BCUT2D eigenvalue weighted by Gasteiger charge is 2.00. The molecule has 1 rings (SSSR count). The van der Waals surface area contributed by atoms with Gasteiger partial charge in [0.2, 0.25) is 0 Å². The summed E-state index contributed by atoms with van der Waals surface area (Å²) in [4.78, 5) is 6.81. The van der Waals surface area contributed by atoms with Gasteiger partial charge in [-0.05, 0) is 19.4 Å². The monoisotopic (exact) mass is 167 g/mol. The van der Waals surface area contributed by atoms with Crippen molar-refractivity contribution in [3.63, 3.8) is 0 Å². The fraction of sp³-hybridized carbons (Fsp3) is 0.444. The molecule has 0 aliphatic carbocycles. The highest BCUT2D eigenvalue weighted by atomic mass is 32.1. The summed E-state index contributed by atoms with van der Waals surface area (Å²) in [6, 6.07) is 2.22. The lowest BCUT2D eigenvalue weighted by molar-refractivity contribution is 1.19. The van der Waals surface area contributed by atoms with Crippen LogP contribution in [0.1, 0.15) is 22.2 Å². The molecule has 0 aliphatic heterocycles. The van der Waals surface area contributed by atoms with Crippen LogP contribution in [0.25, 0.3) is 0 Å². The summed E-state index contributed by atoms with van der Waals surface area (Å²) in [5, 5.41) is 0. The van der Waals surface area contributed by atoms with E-state index >= 15 is 0 Å². The molecule has 0 unspecified atom stereocenters. The Labute approximate surface area is 71.8 Å². The summed E-state index contributed by atoms with van der Waals surface area (Å²) in [5.41, 5.74) is 1.27. The standard InChI is InChI=1S/C9H13NS/c1-4-9-5-8(6-10-3)7(2)11-9/h5-6H,4H2,1-3H3/b10-6-. The molecular weight excluding hydrogens is 154 g/mol. The molecule has 0 saturated heterocycles. The Morgan fingerprint density at radius 2 is 2.36 bits per heavy atom. The summed E-state index contributed by atoms with van der Waals surface area (Å²) >= 11 is 1.86. The smallest absolute Gasteiger partial charge is 0.0292 e. The van der Waals surface area contributed by atoms with Crippen molar-refractivity contribution in [2.24, 2.45) is 4.99 Å². The molecule has 0 spiro atoms. The van der Waals surface area contributed by atoms with Gasteiger partial charge in [0.1, 0.15) is 0 Å². The Balaban J connectivity index is 2.97. The Hall–Kier alpha value is -0.630. The van der Waals surface area contributed by atoms with Gasteiger partial charge >= 0.3 is 0 Å².